The first-order valence-electron chi connectivity index (χ1n) is 6.97. The molecule has 0 aliphatic heterocycles. The Morgan fingerprint density at radius 3 is 2.70 bits per heavy atom. The minimum atomic E-state index is -0.387. The highest BCUT2D eigenvalue weighted by Crippen LogP contribution is 2.28. The quantitative estimate of drug-likeness (QED) is 0.825. The minimum Gasteiger partial charge on any atom is -0.378 e. The number of rotatable bonds is 3. The first kappa shape index (κ1) is 13.4. The molecule has 1 N–H and O–H groups in total. The molecule has 1 atom stereocenters. The van der Waals surface area contributed by atoms with Crippen molar-refractivity contribution < 1.29 is 4.39 Å². The van der Waals surface area contributed by atoms with Crippen LogP contribution in [-0.2, 0) is 12.8 Å². The van der Waals surface area contributed by atoms with Gasteiger partial charge in [-0.2, -0.15) is 0 Å². The molecule has 1 unspecified atom stereocenters. The maximum Gasteiger partial charge on any atom is 0.141 e. The lowest BCUT2D eigenvalue weighted by Gasteiger charge is -2.17. The molecule has 3 heteroatoms. The molecule has 0 aromatic heterocycles. The predicted octanol–water partition coefficient (Wildman–Crippen LogP) is 5.14. The highest BCUT2D eigenvalue weighted by atomic mass is 35.5. The monoisotopic (exact) mass is 289 g/mol. The first-order valence-corrected chi connectivity index (χ1v) is 7.34. The van der Waals surface area contributed by atoms with Crippen LogP contribution in [0.5, 0.6) is 0 Å². The third-order valence-electron chi connectivity index (χ3n) is 3.93. The van der Waals surface area contributed by atoms with Gasteiger partial charge in [-0.25, -0.2) is 4.39 Å². The third-order valence-corrected chi connectivity index (χ3v) is 4.21. The summed E-state index contributed by atoms with van der Waals surface area (Å²) in [5, 5.41) is 3.52. The summed E-state index contributed by atoms with van der Waals surface area (Å²) in [5.74, 6) is -0.387. The molecule has 2 aromatic rings. The largest absolute Gasteiger partial charge is 0.378 e. The van der Waals surface area contributed by atoms with Gasteiger partial charge in [-0.3, -0.25) is 0 Å². The number of anilines is 1. The number of aryl methyl sites for hydroxylation is 2. The van der Waals surface area contributed by atoms with E-state index in [-0.39, 0.29) is 16.9 Å². The predicted molar refractivity (Wildman–Crippen MR) is 81.9 cm³/mol. The number of halogens is 2. The summed E-state index contributed by atoms with van der Waals surface area (Å²) in [6.07, 6.45) is 3.64. The SMILES string of the molecule is CC(Nc1ccc(F)c(Cl)c1)c1ccc2c(c1)CCC2. The van der Waals surface area contributed by atoms with E-state index in [2.05, 4.69) is 30.4 Å². The van der Waals surface area contributed by atoms with Crippen molar-refractivity contribution >= 4 is 17.3 Å². The topological polar surface area (TPSA) is 12.0 Å². The molecule has 1 aliphatic rings. The lowest BCUT2D eigenvalue weighted by atomic mass is 10.0. The standard InChI is InChI=1S/C17H17ClFN/c1-11(20-15-7-8-17(19)16(18)10-15)13-6-5-12-3-2-4-14(12)9-13/h5-11,20H,2-4H2,1H3. The molecule has 0 amide bonds. The van der Waals surface area contributed by atoms with Crippen molar-refractivity contribution in [3.63, 3.8) is 0 Å². The van der Waals surface area contributed by atoms with Gasteiger partial charge >= 0.3 is 0 Å². The smallest absolute Gasteiger partial charge is 0.141 e. The van der Waals surface area contributed by atoms with Crippen LogP contribution in [0.3, 0.4) is 0 Å². The molecule has 0 heterocycles. The fourth-order valence-electron chi connectivity index (χ4n) is 2.78. The number of hydrogen-bond acceptors (Lipinski definition) is 1. The fraction of sp³-hybridized carbons (Fsp3) is 0.294. The van der Waals surface area contributed by atoms with Crippen molar-refractivity contribution in [2.24, 2.45) is 0 Å². The van der Waals surface area contributed by atoms with Gasteiger partial charge in [0.1, 0.15) is 5.82 Å². The lowest BCUT2D eigenvalue weighted by molar-refractivity contribution is 0.628. The van der Waals surface area contributed by atoms with Crippen molar-refractivity contribution in [2.45, 2.75) is 32.2 Å². The molecule has 104 valence electrons. The van der Waals surface area contributed by atoms with Crippen molar-refractivity contribution in [3.8, 4) is 0 Å². The van der Waals surface area contributed by atoms with E-state index in [0.717, 1.165) is 5.69 Å². The second-order valence-corrected chi connectivity index (χ2v) is 5.78. The summed E-state index contributed by atoms with van der Waals surface area (Å²) in [5.41, 5.74) is 5.04. The molecular weight excluding hydrogens is 273 g/mol. The van der Waals surface area contributed by atoms with Crippen LogP contribution in [0.25, 0.3) is 0 Å². The zero-order chi connectivity index (χ0) is 14.1. The molecular formula is C17H17ClFN. The maximum absolute atomic E-state index is 13.1. The van der Waals surface area contributed by atoms with Crippen LogP contribution in [0.4, 0.5) is 10.1 Å². The van der Waals surface area contributed by atoms with Gasteiger partial charge in [0.2, 0.25) is 0 Å². The zero-order valence-electron chi connectivity index (χ0n) is 11.4. The average Bonchev–Trinajstić information content (AvgIpc) is 2.90. The van der Waals surface area contributed by atoms with E-state index in [1.54, 1.807) is 12.1 Å². The van der Waals surface area contributed by atoms with E-state index in [9.17, 15) is 4.39 Å². The van der Waals surface area contributed by atoms with Crippen LogP contribution in [0.15, 0.2) is 36.4 Å². The summed E-state index contributed by atoms with van der Waals surface area (Å²) in [4.78, 5) is 0. The Kier molecular flexibility index (Phi) is 3.66. The summed E-state index contributed by atoms with van der Waals surface area (Å²) < 4.78 is 13.1. The van der Waals surface area contributed by atoms with Crippen LogP contribution < -0.4 is 5.32 Å². The number of hydrogen-bond donors (Lipinski definition) is 1. The van der Waals surface area contributed by atoms with Crippen molar-refractivity contribution in [1.82, 2.24) is 0 Å². The Morgan fingerprint density at radius 2 is 1.90 bits per heavy atom. The van der Waals surface area contributed by atoms with Crippen LogP contribution in [0.1, 0.15) is 36.1 Å². The highest BCUT2D eigenvalue weighted by Gasteiger charge is 2.13. The van der Waals surface area contributed by atoms with Gasteiger partial charge in [0.05, 0.1) is 5.02 Å². The molecule has 0 saturated heterocycles. The Morgan fingerprint density at radius 1 is 1.10 bits per heavy atom. The van der Waals surface area contributed by atoms with Crippen LogP contribution in [0.2, 0.25) is 5.02 Å². The zero-order valence-corrected chi connectivity index (χ0v) is 12.2. The van der Waals surface area contributed by atoms with Gasteiger partial charge in [0.15, 0.2) is 0 Å². The van der Waals surface area contributed by atoms with Gasteiger partial charge in [0.25, 0.3) is 0 Å². The van der Waals surface area contributed by atoms with Crippen LogP contribution in [0, 0.1) is 5.82 Å². The van der Waals surface area contributed by atoms with Crippen LogP contribution >= 0.6 is 11.6 Å². The molecule has 0 saturated carbocycles. The second-order valence-electron chi connectivity index (χ2n) is 5.38. The van der Waals surface area contributed by atoms with Gasteiger partial charge in [-0.1, -0.05) is 29.8 Å². The highest BCUT2D eigenvalue weighted by molar-refractivity contribution is 6.31. The van der Waals surface area contributed by atoms with E-state index < -0.39 is 0 Å². The van der Waals surface area contributed by atoms with Crippen molar-refractivity contribution in [2.75, 3.05) is 5.32 Å². The number of nitrogens with one attached hydrogen (secondary N) is 1. The van der Waals surface area contributed by atoms with Gasteiger partial charge in [-0.05, 0) is 61.1 Å². The summed E-state index contributed by atoms with van der Waals surface area (Å²) >= 11 is 5.81. The van der Waals surface area contributed by atoms with Crippen molar-refractivity contribution in [1.29, 1.82) is 0 Å². The first-order chi connectivity index (χ1) is 9.63. The average molecular weight is 290 g/mol. The molecule has 1 aliphatic carbocycles. The third kappa shape index (κ3) is 2.66. The number of fused-ring (bicyclic) bond motifs is 1. The van der Waals surface area contributed by atoms with E-state index in [1.807, 2.05) is 0 Å². The molecule has 0 radical (unpaired) electrons. The molecule has 0 fully saturated rings. The van der Waals surface area contributed by atoms with E-state index in [0.29, 0.717) is 0 Å². The summed E-state index contributed by atoms with van der Waals surface area (Å²) in [6.45, 7) is 2.11. The normalized spacial score (nSPS) is 14.9. The lowest BCUT2D eigenvalue weighted by Crippen LogP contribution is -2.07. The summed E-state index contributed by atoms with van der Waals surface area (Å²) in [6, 6.07) is 11.6. The molecule has 20 heavy (non-hydrogen) atoms. The van der Waals surface area contributed by atoms with Gasteiger partial charge in [0, 0.05) is 11.7 Å². The van der Waals surface area contributed by atoms with Gasteiger partial charge in [-0.15, -0.1) is 0 Å². The molecule has 3 rings (SSSR count). The van der Waals surface area contributed by atoms with Gasteiger partial charge < -0.3 is 5.32 Å². The second kappa shape index (κ2) is 5.45. The minimum absolute atomic E-state index is 0.149. The van der Waals surface area contributed by atoms with Crippen molar-refractivity contribution in [3.05, 3.63) is 63.9 Å². The molecule has 2 aromatic carbocycles. The van der Waals surface area contributed by atoms with Crippen LogP contribution in [-0.4, -0.2) is 0 Å². The fourth-order valence-corrected chi connectivity index (χ4v) is 2.96. The number of benzene rings is 2. The Labute approximate surface area is 123 Å². The Hall–Kier alpha value is -1.54. The summed E-state index contributed by atoms with van der Waals surface area (Å²) in [7, 11) is 0. The molecule has 0 spiro atoms. The molecule has 0 bridgehead atoms. The Balaban J connectivity index is 1.78. The van der Waals surface area contributed by atoms with E-state index in [4.69, 9.17) is 11.6 Å². The maximum atomic E-state index is 13.1. The van der Waals surface area contributed by atoms with E-state index >= 15 is 0 Å². The molecule has 1 nitrogen and oxygen atoms in total. The van der Waals surface area contributed by atoms with E-state index in [1.165, 1.54) is 42.0 Å². The Bertz CT molecular complexity index is 639.